The summed E-state index contributed by atoms with van der Waals surface area (Å²) in [7, 11) is -3.83. The number of hydrogen-bond donors (Lipinski definition) is 1. The lowest BCUT2D eigenvalue weighted by molar-refractivity contribution is -0.385. The van der Waals surface area contributed by atoms with Gasteiger partial charge in [-0.15, -0.1) is 0 Å². The Bertz CT molecular complexity index is 712. The van der Waals surface area contributed by atoms with Gasteiger partial charge in [-0.2, -0.15) is 0 Å². The van der Waals surface area contributed by atoms with E-state index in [1.165, 1.54) is 12.1 Å². The summed E-state index contributed by atoms with van der Waals surface area (Å²) < 4.78 is 33.1. The van der Waals surface area contributed by atoms with E-state index in [9.17, 15) is 18.5 Å². The molecule has 1 aliphatic heterocycles. The molecule has 1 aromatic rings. The zero-order valence-electron chi connectivity index (χ0n) is 14.1. The minimum atomic E-state index is -3.83. The van der Waals surface area contributed by atoms with Crippen LogP contribution >= 0.6 is 0 Å². The van der Waals surface area contributed by atoms with Crippen molar-refractivity contribution in [2.45, 2.75) is 31.2 Å². The van der Waals surface area contributed by atoms with Crippen LogP contribution < -0.4 is 4.72 Å². The molecule has 2 rings (SSSR count). The first-order valence-corrected chi connectivity index (χ1v) is 9.19. The van der Waals surface area contributed by atoms with Gasteiger partial charge in [0.1, 0.15) is 0 Å². The predicted molar refractivity (Wildman–Crippen MR) is 89.5 cm³/mol. The first-order valence-electron chi connectivity index (χ1n) is 7.71. The SMILES string of the molecule is Cc1ccc([N+](=O)[O-])cc1S(=O)(=O)NCC(C)(C)N1CCOCC1. The van der Waals surface area contributed by atoms with E-state index in [1.54, 1.807) is 6.92 Å². The summed E-state index contributed by atoms with van der Waals surface area (Å²) in [6, 6.07) is 3.84. The highest BCUT2D eigenvalue weighted by atomic mass is 32.2. The quantitative estimate of drug-likeness (QED) is 0.608. The van der Waals surface area contributed by atoms with Crippen LogP contribution in [0.3, 0.4) is 0 Å². The topological polar surface area (TPSA) is 102 Å². The normalized spacial score (nSPS) is 17.0. The molecule has 0 saturated carbocycles. The molecule has 8 nitrogen and oxygen atoms in total. The fourth-order valence-corrected chi connectivity index (χ4v) is 4.09. The number of morpholine rings is 1. The number of non-ortho nitro benzene ring substituents is 1. The molecule has 1 aromatic carbocycles. The van der Waals surface area contributed by atoms with E-state index in [2.05, 4.69) is 9.62 Å². The lowest BCUT2D eigenvalue weighted by atomic mass is 10.0. The van der Waals surface area contributed by atoms with Gasteiger partial charge in [-0.3, -0.25) is 15.0 Å². The minimum Gasteiger partial charge on any atom is -0.379 e. The summed E-state index contributed by atoms with van der Waals surface area (Å²) in [6.45, 7) is 8.47. The standard InChI is InChI=1S/C15H23N3O5S/c1-12-4-5-13(18(19)20)10-14(12)24(21,22)16-11-15(2,3)17-6-8-23-9-7-17/h4-5,10,16H,6-9,11H2,1-3H3. The number of aryl methyl sites for hydroxylation is 1. The van der Waals surface area contributed by atoms with Crippen LogP contribution in [0.25, 0.3) is 0 Å². The summed E-state index contributed by atoms with van der Waals surface area (Å²) in [6.07, 6.45) is 0. The van der Waals surface area contributed by atoms with Gasteiger partial charge in [0.15, 0.2) is 0 Å². The van der Waals surface area contributed by atoms with Crippen molar-refractivity contribution in [1.29, 1.82) is 0 Å². The molecule has 24 heavy (non-hydrogen) atoms. The molecule has 0 bridgehead atoms. The van der Waals surface area contributed by atoms with Gasteiger partial charge in [-0.05, 0) is 26.3 Å². The van der Waals surface area contributed by atoms with Crippen molar-refractivity contribution in [2.75, 3.05) is 32.8 Å². The molecule has 1 saturated heterocycles. The number of benzene rings is 1. The fourth-order valence-electron chi connectivity index (χ4n) is 2.62. The van der Waals surface area contributed by atoms with Crippen LogP contribution in [0.1, 0.15) is 19.4 Å². The summed E-state index contributed by atoms with van der Waals surface area (Å²) in [5.41, 5.74) is -0.156. The first-order chi connectivity index (χ1) is 11.1. The Kier molecular flexibility index (Phi) is 5.59. The number of ether oxygens (including phenoxy) is 1. The lowest BCUT2D eigenvalue weighted by Crippen LogP contribution is -2.55. The van der Waals surface area contributed by atoms with Crippen molar-refractivity contribution in [3.8, 4) is 0 Å². The molecule has 0 amide bonds. The monoisotopic (exact) mass is 357 g/mol. The molecule has 9 heteroatoms. The van der Waals surface area contributed by atoms with Gasteiger partial charge in [0, 0.05) is 37.3 Å². The van der Waals surface area contributed by atoms with Gasteiger partial charge in [-0.25, -0.2) is 13.1 Å². The Morgan fingerprint density at radius 1 is 1.33 bits per heavy atom. The maximum Gasteiger partial charge on any atom is 0.270 e. The van der Waals surface area contributed by atoms with Gasteiger partial charge in [-0.1, -0.05) is 6.07 Å². The third-order valence-corrected chi connectivity index (χ3v) is 5.78. The largest absolute Gasteiger partial charge is 0.379 e. The van der Waals surface area contributed by atoms with E-state index >= 15 is 0 Å². The molecule has 0 radical (unpaired) electrons. The second-order valence-electron chi connectivity index (χ2n) is 6.44. The molecule has 1 aliphatic rings. The molecule has 1 heterocycles. The Labute approximate surface area is 142 Å². The van der Waals surface area contributed by atoms with Crippen molar-refractivity contribution in [1.82, 2.24) is 9.62 Å². The van der Waals surface area contributed by atoms with Gasteiger partial charge >= 0.3 is 0 Å². The van der Waals surface area contributed by atoms with E-state index in [4.69, 9.17) is 4.74 Å². The average Bonchev–Trinajstić information content (AvgIpc) is 2.54. The molecule has 0 spiro atoms. The Hall–Kier alpha value is -1.55. The molecule has 0 aromatic heterocycles. The summed E-state index contributed by atoms with van der Waals surface area (Å²) in [5.74, 6) is 0. The third-order valence-electron chi connectivity index (χ3n) is 4.23. The van der Waals surface area contributed by atoms with Gasteiger partial charge in [0.05, 0.1) is 23.0 Å². The van der Waals surface area contributed by atoms with Crippen LogP contribution in [0, 0.1) is 17.0 Å². The second-order valence-corrected chi connectivity index (χ2v) is 8.18. The van der Waals surface area contributed by atoms with Gasteiger partial charge < -0.3 is 4.74 Å². The number of nitrogens with one attached hydrogen (secondary N) is 1. The molecule has 0 unspecified atom stereocenters. The van der Waals surface area contributed by atoms with Crippen molar-refractivity contribution < 1.29 is 18.1 Å². The van der Waals surface area contributed by atoms with E-state index in [0.29, 0.717) is 18.8 Å². The van der Waals surface area contributed by atoms with E-state index in [1.807, 2.05) is 13.8 Å². The highest BCUT2D eigenvalue weighted by molar-refractivity contribution is 7.89. The number of nitro groups is 1. The number of nitro benzene ring substituents is 1. The van der Waals surface area contributed by atoms with Gasteiger partial charge in [0.25, 0.3) is 5.69 Å². The number of hydrogen-bond acceptors (Lipinski definition) is 6. The summed E-state index contributed by atoms with van der Waals surface area (Å²) >= 11 is 0. The van der Waals surface area contributed by atoms with Crippen molar-refractivity contribution in [2.24, 2.45) is 0 Å². The van der Waals surface area contributed by atoms with Crippen LogP contribution in [-0.4, -0.2) is 56.6 Å². The maximum atomic E-state index is 12.6. The number of nitrogens with zero attached hydrogens (tertiary/aromatic N) is 2. The van der Waals surface area contributed by atoms with Crippen LogP contribution in [0.5, 0.6) is 0 Å². The van der Waals surface area contributed by atoms with Crippen molar-refractivity contribution in [3.63, 3.8) is 0 Å². The molecule has 1 fully saturated rings. The van der Waals surface area contributed by atoms with Crippen LogP contribution in [0.4, 0.5) is 5.69 Å². The Morgan fingerprint density at radius 3 is 2.54 bits per heavy atom. The Balaban J connectivity index is 2.16. The predicted octanol–water partition coefficient (Wildman–Crippen LogP) is 1.29. The lowest BCUT2D eigenvalue weighted by Gasteiger charge is -2.40. The smallest absolute Gasteiger partial charge is 0.270 e. The second kappa shape index (κ2) is 7.14. The minimum absolute atomic E-state index is 0.0607. The van der Waals surface area contributed by atoms with Crippen molar-refractivity contribution >= 4 is 15.7 Å². The maximum absolute atomic E-state index is 12.6. The first kappa shape index (κ1) is 18.8. The molecule has 134 valence electrons. The van der Waals surface area contributed by atoms with E-state index in [-0.39, 0.29) is 22.7 Å². The fraction of sp³-hybridized carbons (Fsp3) is 0.600. The van der Waals surface area contributed by atoms with Crippen LogP contribution in [0.15, 0.2) is 23.1 Å². The zero-order chi connectivity index (χ0) is 18.0. The van der Waals surface area contributed by atoms with Crippen LogP contribution in [-0.2, 0) is 14.8 Å². The summed E-state index contributed by atoms with van der Waals surface area (Å²) in [5, 5.41) is 10.9. The Morgan fingerprint density at radius 2 is 1.96 bits per heavy atom. The number of rotatable bonds is 6. The summed E-state index contributed by atoms with van der Waals surface area (Å²) in [4.78, 5) is 12.4. The van der Waals surface area contributed by atoms with E-state index in [0.717, 1.165) is 19.2 Å². The number of sulfonamides is 1. The molecular weight excluding hydrogens is 334 g/mol. The van der Waals surface area contributed by atoms with Crippen LogP contribution in [0.2, 0.25) is 0 Å². The molecule has 0 atom stereocenters. The zero-order valence-corrected chi connectivity index (χ0v) is 14.9. The molecule has 0 aliphatic carbocycles. The van der Waals surface area contributed by atoms with Gasteiger partial charge in [0.2, 0.25) is 10.0 Å². The van der Waals surface area contributed by atoms with E-state index < -0.39 is 14.9 Å². The molecule has 1 N–H and O–H groups in total. The average molecular weight is 357 g/mol. The third kappa shape index (κ3) is 4.29. The van der Waals surface area contributed by atoms with Crippen molar-refractivity contribution in [3.05, 3.63) is 33.9 Å². The highest BCUT2D eigenvalue weighted by Crippen LogP contribution is 2.22. The molecular formula is C15H23N3O5S. The highest BCUT2D eigenvalue weighted by Gasteiger charge is 2.30.